The molecule has 0 saturated heterocycles. The highest BCUT2D eigenvalue weighted by atomic mass is 15.3. The molecule has 5 heteroatoms. The second kappa shape index (κ2) is 5.38. The van der Waals surface area contributed by atoms with Crippen molar-refractivity contribution in [3.8, 4) is 0 Å². The Morgan fingerprint density at radius 3 is 2.75 bits per heavy atom. The number of nitrogens with zero attached hydrogens (tertiary/aromatic N) is 4. The second-order valence-electron chi connectivity index (χ2n) is 4.58. The van der Waals surface area contributed by atoms with Crippen LogP contribution in [0.15, 0.2) is 42.7 Å². The van der Waals surface area contributed by atoms with Crippen molar-refractivity contribution in [3.05, 3.63) is 54.1 Å². The fraction of sp³-hybridized carbons (Fsp3) is 0.267. The molecule has 1 N–H and O–H groups in total. The van der Waals surface area contributed by atoms with Gasteiger partial charge in [-0.3, -0.25) is 9.67 Å². The van der Waals surface area contributed by atoms with Crippen LogP contribution in [-0.2, 0) is 6.54 Å². The van der Waals surface area contributed by atoms with Crippen molar-refractivity contribution in [3.63, 3.8) is 0 Å². The smallest absolute Gasteiger partial charge is 0.0935 e. The Bertz CT molecular complexity index is 719. The van der Waals surface area contributed by atoms with E-state index in [1.54, 1.807) is 0 Å². The van der Waals surface area contributed by atoms with Crippen LogP contribution in [0.1, 0.15) is 24.4 Å². The van der Waals surface area contributed by atoms with Gasteiger partial charge in [-0.05, 0) is 32.2 Å². The average molecular weight is 267 g/mol. The molecule has 0 aliphatic carbocycles. The molecular formula is C15H17N5. The lowest BCUT2D eigenvalue weighted by Gasteiger charge is -2.17. The predicted molar refractivity (Wildman–Crippen MR) is 78.3 cm³/mol. The van der Waals surface area contributed by atoms with E-state index < -0.39 is 0 Å². The molecule has 1 atom stereocenters. The van der Waals surface area contributed by atoms with Crippen LogP contribution < -0.4 is 5.32 Å². The van der Waals surface area contributed by atoms with E-state index in [1.165, 1.54) is 0 Å². The quantitative estimate of drug-likeness (QED) is 0.787. The number of hydrogen-bond acceptors (Lipinski definition) is 4. The lowest BCUT2D eigenvalue weighted by molar-refractivity contribution is 0.556. The number of para-hydroxylation sites is 2. The van der Waals surface area contributed by atoms with Crippen LogP contribution in [0, 0.1) is 0 Å². The molecule has 0 fully saturated rings. The Morgan fingerprint density at radius 2 is 2.00 bits per heavy atom. The van der Waals surface area contributed by atoms with Crippen molar-refractivity contribution in [1.82, 2.24) is 25.1 Å². The van der Waals surface area contributed by atoms with Gasteiger partial charge in [0.25, 0.3) is 0 Å². The first-order valence-corrected chi connectivity index (χ1v) is 6.74. The first kappa shape index (κ1) is 12.7. The van der Waals surface area contributed by atoms with Crippen molar-refractivity contribution in [1.29, 1.82) is 0 Å². The van der Waals surface area contributed by atoms with Gasteiger partial charge in [0.15, 0.2) is 0 Å². The fourth-order valence-corrected chi connectivity index (χ4v) is 2.41. The topological polar surface area (TPSA) is 55.6 Å². The molecule has 0 aliphatic rings. The Morgan fingerprint density at radius 1 is 1.20 bits per heavy atom. The molecule has 2 aromatic heterocycles. The number of fused-ring (bicyclic) bond motifs is 1. The van der Waals surface area contributed by atoms with Crippen molar-refractivity contribution in [2.24, 2.45) is 0 Å². The maximum Gasteiger partial charge on any atom is 0.0935 e. The van der Waals surface area contributed by atoms with E-state index in [0.717, 1.165) is 29.0 Å². The predicted octanol–water partition coefficient (Wildman–Crippen LogP) is 2.16. The van der Waals surface area contributed by atoms with Gasteiger partial charge in [-0.15, -0.1) is 0 Å². The molecule has 2 heterocycles. The molecule has 0 amide bonds. The first-order chi connectivity index (χ1) is 9.83. The van der Waals surface area contributed by atoms with Crippen molar-refractivity contribution >= 4 is 11.0 Å². The maximum absolute atomic E-state index is 4.71. The summed E-state index contributed by atoms with van der Waals surface area (Å²) < 4.78 is 1.97. The van der Waals surface area contributed by atoms with E-state index in [0.29, 0.717) is 0 Å². The molecule has 0 spiro atoms. The lowest BCUT2D eigenvalue weighted by atomic mass is 10.1. The SMILES string of the molecule is CCn1nccc1C(NC)c1cnc2ccccc2n1. The van der Waals surface area contributed by atoms with Crippen LogP contribution in [0.4, 0.5) is 0 Å². The zero-order valence-corrected chi connectivity index (χ0v) is 11.6. The van der Waals surface area contributed by atoms with Gasteiger partial charge in [0.05, 0.1) is 34.7 Å². The maximum atomic E-state index is 4.71. The molecule has 20 heavy (non-hydrogen) atoms. The van der Waals surface area contributed by atoms with Gasteiger partial charge in [0, 0.05) is 12.7 Å². The van der Waals surface area contributed by atoms with Crippen LogP contribution in [0.3, 0.4) is 0 Å². The van der Waals surface area contributed by atoms with Gasteiger partial charge in [-0.2, -0.15) is 5.10 Å². The number of aromatic nitrogens is 4. The van der Waals surface area contributed by atoms with E-state index in [-0.39, 0.29) is 6.04 Å². The minimum atomic E-state index is -0.00504. The highest BCUT2D eigenvalue weighted by molar-refractivity contribution is 5.73. The van der Waals surface area contributed by atoms with E-state index in [1.807, 2.05) is 54.5 Å². The Balaban J connectivity index is 2.07. The highest BCUT2D eigenvalue weighted by Gasteiger charge is 2.18. The third-order valence-electron chi connectivity index (χ3n) is 3.40. The third-order valence-corrected chi connectivity index (χ3v) is 3.40. The number of hydrogen-bond donors (Lipinski definition) is 1. The monoisotopic (exact) mass is 267 g/mol. The third kappa shape index (κ3) is 2.16. The molecule has 5 nitrogen and oxygen atoms in total. The summed E-state index contributed by atoms with van der Waals surface area (Å²) in [6.45, 7) is 2.91. The van der Waals surface area contributed by atoms with E-state index >= 15 is 0 Å². The minimum Gasteiger partial charge on any atom is -0.307 e. The molecule has 102 valence electrons. The van der Waals surface area contributed by atoms with Crippen molar-refractivity contribution in [2.75, 3.05) is 7.05 Å². The minimum absolute atomic E-state index is 0.00504. The number of aryl methyl sites for hydroxylation is 1. The number of rotatable bonds is 4. The van der Waals surface area contributed by atoms with Crippen LogP contribution >= 0.6 is 0 Å². The highest BCUT2D eigenvalue weighted by Crippen LogP contribution is 2.21. The summed E-state index contributed by atoms with van der Waals surface area (Å²) in [5.41, 5.74) is 3.82. The van der Waals surface area contributed by atoms with Crippen LogP contribution in [0.2, 0.25) is 0 Å². The Labute approximate surface area is 117 Å². The first-order valence-electron chi connectivity index (χ1n) is 6.74. The van der Waals surface area contributed by atoms with Crippen LogP contribution in [-0.4, -0.2) is 26.8 Å². The second-order valence-corrected chi connectivity index (χ2v) is 4.58. The average Bonchev–Trinajstić information content (AvgIpc) is 2.96. The number of benzene rings is 1. The number of nitrogens with one attached hydrogen (secondary N) is 1. The summed E-state index contributed by atoms with van der Waals surface area (Å²) in [5, 5.41) is 7.62. The summed E-state index contributed by atoms with van der Waals surface area (Å²) in [4.78, 5) is 9.19. The molecule has 1 aromatic carbocycles. The van der Waals surface area contributed by atoms with Gasteiger partial charge in [0.2, 0.25) is 0 Å². The van der Waals surface area contributed by atoms with Gasteiger partial charge >= 0.3 is 0 Å². The summed E-state index contributed by atoms with van der Waals surface area (Å²) >= 11 is 0. The molecule has 1 unspecified atom stereocenters. The standard InChI is InChI=1S/C15H17N5/c1-3-20-14(8-9-18-20)15(16-2)13-10-17-11-6-4-5-7-12(11)19-13/h4-10,15-16H,3H2,1-2H3. The van der Waals surface area contributed by atoms with Gasteiger partial charge in [-0.25, -0.2) is 4.98 Å². The summed E-state index contributed by atoms with van der Waals surface area (Å²) in [5.74, 6) is 0. The molecule has 3 rings (SSSR count). The summed E-state index contributed by atoms with van der Waals surface area (Å²) in [7, 11) is 1.93. The zero-order chi connectivity index (χ0) is 13.9. The van der Waals surface area contributed by atoms with Gasteiger partial charge in [0.1, 0.15) is 0 Å². The van der Waals surface area contributed by atoms with Crippen molar-refractivity contribution in [2.45, 2.75) is 19.5 Å². The van der Waals surface area contributed by atoms with E-state index in [9.17, 15) is 0 Å². The lowest BCUT2D eigenvalue weighted by Crippen LogP contribution is -2.22. The molecular weight excluding hydrogens is 250 g/mol. The molecule has 0 radical (unpaired) electrons. The van der Waals surface area contributed by atoms with Gasteiger partial charge in [-0.1, -0.05) is 12.1 Å². The Hall–Kier alpha value is -2.27. The molecule has 0 aliphatic heterocycles. The fourth-order valence-electron chi connectivity index (χ4n) is 2.41. The van der Waals surface area contributed by atoms with Crippen molar-refractivity contribution < 1.29 is 0 Å². The van der Waals surface area contributed by atoms with Crippen LogP contribution in [0.5, 0.6) is 0 Å². The largest absolute Gasteiger partial charge is 0.307 e. The zero-order valence-electron chi connectivity index (χ0n) is 11.6. The summed E-state index contributed by atoms with van der Waals surface area (Å²) in [6.07, 6.45) is 3.65. The normalized spacial score (nSPS) is 12.7. The van der Waals surface area contributed by atoms with E-state index in [4.69, 9.17) is 4.98 Å². The molecule has 0 saturated carbocycles. The summed E-state index contributed by atoms with van der Waals surface area (Å²) in [6, 6.07) is 9.91. The van der Waals surface area contributed by atoms with Crippen LogP contribution in [0.25, 0.3) is 11.0 Å². The van der Waals surface area contributed by atoms with E-state index in [2.05, 4.69) is 22.3 Å². The molecule has 0 bridgehead atoms. The Kier molecular flexibility index (Phi) is 3.43. The van der Waals surface area contributed by atoms with Gasteiger partial charge < -0.3 is 5.32 Å². The molecule has 3 aromatic rings.